The number of nitrogens with zero attached hydrogens (tertiary/aromatic N) is 1. The lowest BCUT2D eigenvalue weighted by Crippen LogP contribution is -2.43. The summed E-state index contributed by atoms with van der Waals surface area (Å²) in [6, 6.07) is 7.73. The molecule has 2 fully saturated rings. The number of hydrogen-bond donors (Lipinski definition) is 2. The molecule has 1 aromatic rings. The van der Waals surface area contributed by atoms with Gasteiger partial charge in [-0.15, -0.1) is 0 Å². The number of amides is 2. The van der Waals surface area contributed by atoms with Crippen molar-refractivity contribution in [1.82, 2.24) is 10.2 Å². The van der Waals surface area contributed by atoms with Crippen LogP contribution < -0.4 is 10.6 Å². The minimum Gasteiger partial charge on any atom is -0.376 e. The van der Waals surface area contributed by atoms with Crippen LogP contribution in [-0.2, 0) is 4.79 Å². The molecule has 25 heavy (non-hydrogen) atoms. The predicted molar refractivity (Wildman–Crippen MR) is 99.6 cm³/mol. The van der Waals surface area contributed by atoms with E-state index in [1.54, 1.807) is 0 Å². The number of hydrogen-bond acceptors (Lipinski definition) is 3. The smallest absolute Gasteiger partial charge is 0.253 e. The van der Waals surface area contributed by atoms with E-state index in [1.165, 1.54) is 19.3 Å². The first-order valence-electron chi connectivity index (χ1n) is 9.56. The lowest BCUT2D eigenvalue weighted by molar-refractivity contribution is -0.120. The SMILES string of the molecule is CC1CCCCC1NC(=O)CNc1ccc(C(=O)N2CCCC2)cc1. The quantitative estimate of drug-likeness (QED) is 0.864. The largest absolute Gasteiger partial charge is 0.376 e. The highest BCUT2D eigenvalue weighted by molar-refractivity contribution is 5.94. The molecule has 2 aliphatic rings. The molecule has 0 spiro atoms. The van der Waals surface area contributed by atoms with E-state index < -0.39 is 0 Å². The molecule has 1 aliphatic carbocycles. The summed E-state index contributed by atoms with van der Waals surface area (Å²) >= 11 is 0. The van der Waals surface area contributed by atoms with Gasteiger partial charge in [-0.3, -0.25) is 9.59 Å². The van der Waals surface area contributed by atoms with Crippen molar-refractivity contribution in [2.45, 2.75) is 51.5 Å². The fraction of sp³-hybridized carbons (Fsp3) is 0.600. The van der Waals surface area contributed by atoms with Crippen molar-refractivity contribution >= 4 is 17.5 Å². The van der Waals surface area contributed by atoms with E-state index in [0.29, 0.717) is 17.5 Å². The van der Waals surface area contributed by atoms with E-state index >= 15 is 0 Å². The Labute approximate surface area is 150 Å². The summed E-state index contributed by atoms with van der Waals surface area (Å²) in [7, 11) is 0. The second-order valence-corrected chi connectivity index (χ2v) is 7.37. The molecule has 2 N–H and O–H groups in total. The van der Waals surface area contributed by atoms with Gasteiger partial charge in [-0.25, -0.2) is 0 Å². The molecule has 2 unspecified atom stereocenters. The van der Waals surface area contributed by atoms with E-state index in [2.05, 4.69) is 17.6 Å². The van der Waals surface area contributed by atoms with Crippen LogP contribution in [0.3, 0.4) is 0 Å². The van der Waals surface area contributed by atoms with Gasteiger partial charge in [0.2, 0.25) is 5.91 Å². The molecule has 5 heteroatoms. The van der Waals surface area contributed by atoms with E-state index in [9.17, 15) is 9.59 Å². The van der Waals surface area contributed by atoms with Crippen molar-refractivity contribution in [3.63, 3.8) is 0 Å². The first kappa shape index (κ1) is 17.8. The van der Waals surface area contributed by atoms with Crippen LogP contribution >= 0.6 is 0 Å². The van der Waals surface area contributed by atoms with Crippen LogP contribution in [0.25, 0.3) is 0 Å². The van der Waals surface area contributed by atoms with Crippen LogP contribution in [0.4, 0.5) is 5.69 Å². The lowest BCUT2D eigenvalue weighted by Gasteiger charge is -2.29. The van der Waals surface area contributed by atoms with E-state index in [-0.39, 0.29) is 18.4 Å². The van der Waals surface area contributed by atoms with Gasteiger partial charge in [0.05, 0.1) is 6.54 Å². The fourth-order valence-corrected chi connectivity index (χ4v) is 3.80. The Morgan fingerprint density at radius 2 is 1.72 bits per heavy atom. The molecule has 1 aromatic carbocycles. The summed E-state index contributed by atoms with van der Waals surface area (Å²) in [5.74, 6) is 0.706. The third-order valence-electron chi connectivity index (χ3n) is 5.44. The van der Waals surface area contributed by atoms with Gasteiger partial charge in [0.1, 0.15) is 0 Å². The third-order valence-corrected chi connectivity index (χ3v) is 5.44. The van der Waals surface area contributed by atoms with Crippen LogP contribution in [0, 0.1) is 5.92 Å². The molecule has 1 saturated heterocycles. The van der Waals surface area contributed by atoms with Gasteiger partial charge in [0, 0.05) is 30.4 Å². The molecule has 5 nitrogen and oxygen atoms in total. The Kier molecular flexibility index (Phi) is 5.95. The number of benzene rings is 1. The van der Waals surface area contributed by atoms with E-state index in [1.807, 2.05) is 29.2 Å². The van der Waals surface area contributed by atoms with Gasteiger partial charge in [-0.05, 0) is 55.9 Å². The summed E-state index contributed by atoms with van der Waals surface area (Å²) in [6.07, 6.45) is 6.95. The molecule has 2 atom stereocenters. The highest BCUT2D eigenvalue weighted by Gasteiger charge is 2.22. The molecule has 1 aliphatic heterocycles. The average molecular weight is 343 g/mol. The zero-order valence-electron chi connectivity index (χ0n) is 15.1. The maximum Gasteiger partial charge on any atom is 0.253 e. The third kappa shape index (κ3) is 4.74. The lowest BCUT2D eigenvalue weighted by atomic mass is 9.86. The second kappa shape index (κ2) is 8.37. The van der Waals surface area contributed by atoms with Crippen LogP contribution in [-0.4, -0.2) is 42.4 Å². The molecule has 2 amide bonds. The first-order chi connectivity index (χ1) is 12.1. The number of rotatable bonds is 5. The summed E-state index contributed by atoms with van der Waals surface area (Å²) < 4.78 is 0. The normalized spacial score (nSPS) is 23.3. The molecule has 3 rings (SSSR count). The first-order valence-corrected chi connectivity index (χ1v) is 9.56. The topological polar surface area (TPSA) is 61.4 Å². The molecule has 0 radical (unpaired) electrons. The summed E-state index contributed by atoms with van der Waals surface area (Å²) in [5, 5.41) is 6.29. The molecule has 0 bridgehead atoms. The van der Waals surface area contributed by atoms with Gasteiger partial charge in [-0.1, -0.05) is 19.8 Å². The zero-order valence-corrected chi connectivity index (χ0v) is 15.1. The van der Waals surface area contributed by atoms with Crippen LogP contribution in [0.15, 0.2) is 24.3 Å². The minimum absolute atomic E-state index is 0.0379. The van der Waals surface area contributed by atoms with Crippen LogP contribution in [0.1, 0.15) is 55.8 Å². The molecular formula is C20H29N3O2. The maximum atomic E-state index is 12.3. The Morgan fingerprint density at radius 3 is 2.40 bits per heavy atom. The fourth-order valence-electron chi connectivity index (χ4n) is 3.80. The van der Waals surface area contributed by atoms with Gasteiger partial charge < -0.3 is 15.5 Å². The van der Waals surface area contributed by atoms with E-state index in [4.69, 9.17) is 0 Å². The van der Waals surface area contributed by atoms with Gasteiger partial charge in [0.15, 0.2) is 0 Å². The molecule has 1 heterocycles. The number of carbonyl (C=O) groups is 2. The number of likely N-dealkylation sites (tertiary alicyclic amines) is 1. The van der Waals surface area contributed by atoms with E-state index in [0.717, 1.165) is 38.0 Å². The maximum absolute atomic E-state index is 12.3. The monoisotopic (exact) mass is 343 g/mol. The summed E-state index contributed by atoms with van der Waals surface area (Å²) in [5.41, 5.74) is 1.58. The molecule has 0 aromatic heterocycles. The zero-order chi connectivity index (χ0) is 17.6. The highest BCUT2D eigenvalue weighted by atomic mass is 16.2. The number of nitrogens with one attached hydrogen (secondary N) is 2. The van der Waals surface area contributed by atoms with Crippen LogP contribution in [0.2, 0.25) is 0 Å². The number of anilines is 1. The molecule has 1 saturated carbocycles. The summed E-state index contributed by atoms with van der Waals surface area (Å²) in [4.78, 5) is 26.4. The Hall–Kier alpha value is -2.04. The van der Waals surface area contributed by atoms with Crippen molar-refractivity contribution in [1.29, 1.82) is 0 Å². The Bertz CT molecular complexity index is 593. The molecular weight excluding hydrogens is 314 g/mol. The second-order valence-electron chi connectivity index (χ2n) is 7.37. The highest BCUT2D eigenvalue weighted by Crippen LogP contribution is 2.23. The van der Waals surface area contributed by atoms with Gasteiger partial charge in [0.25, 0.3) is 5.91 Å². The Morgan fingerprint density at radius 1 is 1.04 bits per heavy atom. The van der Waals surface area contributed by atoms with Gasteiger partial charge in [-0.2, -0.15) is 0 Å². The van der Waals surface area contributed by atoms with Crippen molar-refractivity contribution in [2.24, 2.45) is 5.92 Å². The van der Waals surface area contributed by atoms with Crippen molar-refractivity contribution < 1.29 is 9.59 Å². The average Bonchev–Trinajstić information content (AvgIpc) is 3.16. The Balaban J connectivity index is 1.46. The summed E-state index contributed by atoms with van der Waals surface area (Å²) in [6.45, 7) is 4.20. The standard InChI is InChI=1S/C20H29N3O2/c1-15-6-2-3-7-18(15)22-19(24)14-21-17-10-8-16(9-11-17)20(25)23-12-4-5-13-23/h8-11,15,18,21H,2-7,12-14H2,1H3,(H,22,24). The van der Waals surface area contributed by atoms with Crippen molar-refractivity contribution in [3.05, 3.63) is 29.8 Å². The van der Waals surface area contributed by atoms with Crippen molar-refractivity contribution in [3.8, 4) is 0 Å². The predicted octanol–water partition coefficient (Wildman–Crippen LogP) is 3.03. The number of carbonyl (C=O) groups excluding carboxylic acids is 2. The van der Waals surface area contributed by atoms with Crippen molar-refractivity contribution in [2.75, 3.05) is 25.0 Å². The van der Waals surface area contributed by atoms with Gasteiger partial charge >= 0.3 is 0 Å². The molecule has 136 valence electrons. The van der Waals surface area contributed by atoms with Crippen LogP contribution in [0.5, 0.6) is 0 Å². The minimum atomic E-state index is 0.0379.